The van der Waals surface area contributed by atoms with Gasteiger partial charge in [0.25, 0.3) is 5.91 Å². The van der Waals surface area contributed by atoms with Crippen LogP contribution >= 0.6 is 23.2 Å². The average Bonchev–Trinajstić information content (AvgIpc) is 2.41. The summed E-state index contributed by atoms with van der Waals surface area (Å²) in [4.78, 5) is 13.9. The minimum absolute atomic E-state index is 0.144. The minimum atomic E-state index is -0.144. The van der Waals surface area contributed by atoms with Crippen molar-refractivity contribution in [3.8, 4) is 0 Å². The van der Waals surface area contributed by atoms with Gasteiger partial charge in [-0.05, 0) is 29.8 Å². The number of carbonyl (C=O) groups excluding carboxylic acids is 1. The zero-order chi connectivity index (χ0) is 14.7. The number of hydrogen-bond acceptors (Lipinski definition) is 2. The van der Waals surface area contributed by atoms with Gasteiger partial charge in [-0.3, -0.25) is 4.79 Å². The second-order valence-electron chi connectivity index (χ2n) is 4.48. The van der Waals surface area contributed by atoms with Gasteiger partial charge in [0.15, 0.2) is 0 Å². The molecule has 0 heterocycles. The number of rotatable bonds is 3. The van der Waals surface area contributed by atoms with Gasteiger partial charge in [-0.1, -0.05) is 41.4 Å². The quantitative estimate of drug-likeness (QED) is 0.875. The molecule has 0 aliphatic rings. The Bertz CT molecular complexity index is 644. The van der Waals surface area contributed by atoms with Gasteiger partial charge in [-0.2, -0.15) is 0 Å². The molecule has 0 aliphatic heterocycles. The van der Waals surface area contributed by atoms with Crippen LogP contribution in [0.3, 0.4) is 0 Å². The van der Waals surface area contributed by atoms with E-state index in [4.69, 9.17) is 28.9 Å². The molecule has 2 N–H and O–H groups in total. The predicted molar refractivity (Wildman–Crippen MR) is 83.1 cm³/mol. The lowest BCUT2D eigenvalue weighted by atomic mass is 10.1. The second kappa shape index (κ2) is 6.16. The minimum Gasteiger partial charge on any atom is -0.398 e. The number of amides is 1. The van der Waals surface area contributed by atoms with Crippen LogP contribution < -0.4 is 5.73 Å². The largest absolute Gasteiger partial charge is 0.398 e. The van der Waals surface area contributed by atoms with Crippen LogP contribution in [0.25, 0.3) is 0 Å². The van der Waals surface area contributed by atoms with E-state index in [9.17, 15) is 4.79 Å². The molecular weight excluding hydrogens is 295 g/mol. The number of hydrogen-bond donors (Lipinski definition) is 1. The lowest BCUT2D eigenvalue weighted by Crippen LogP contribution is -2.27. The molecule has 0 fully saturated rings. The SMILES string of the molecule is CN(Cc1ccc(Cl)cc1Cl)C(=O)c1ccccc1N. The molecule has 2 aromatic carbocycles. The lowest BCUT2D eigenvalue weighted by Gasteiger charge is -2.19. The highest BCUT2D eigenvalue weighted by Crippen LogP contribution is 2.23. The first-order valence-corrected chi connectivity index (χ1v) is 6.78. The van der Waals surface area contributed by atoms with Crippen LogP contribution in [0.5, 0.6) is 0 Å². The van der Waals surface area contributed by atoms with Crippen molar-refractivity contribution in [1.29, 1.82) is 0 Å². The van der Waals surface area contributed by atoms with E-state index < -0.39 is 0 Å². The van der Waals surface area contributed by atoms with Gasteiger partial charge in [0.05, 0.1) is 5.56 Å². The first-order valence-electron chi connectivity index (χ1n) is 6.03. The molecule has 20 heavy (non-hydrogen) atoms. The Kier molecular flexibility index (Phi) is 4.53. The summed E-state index contributed by atoms with van der Waals surface area (Å²) in [5.74, 6) is -0.144. The maximum Gasteiger partial charge on any atom is 0.255 e. The summed E-state index contributed by atoms with van der Waals surface area (Å²) in [7, 11) is 1.71. The van der Waals surface area contributed by atoms with Gasteiger partial charge in [0.1, 0.15) is 0 Å². The summed E-state index contributed by atoms with van der Waals surface area (Å²) >= 11 is 12.0. The maximum absolute atomic E-state index is 12.3. The molecule has 0 saturated carbocycles. The van der Waals surface area contributed by atoms with Crippen molar-refractivity contribution in [3.63, 3.8) is 0 Å². The summed E-state index contributed by atoms with van der Waals surface area (Å²) in [6.07, 6.45) is 0. The molecule has 0 radical (unpaired) electrons. The molecule has 2 rings (SSSR count). The first-order chi connectivity index (χ1) is 9.49. The Morgan fingerprint density at radius 2 is 1.90 bits per heavy atom. The van der Waals surface area contributed by atoms with E-state index in [1.807, 2.05) is 6.07 Å². The molecular formula is C15H14Cl2N2O. The van der Waals surface area contributed by atoms with E-state index in [0.717, 1.165) is 5.56 Å². The smallest absolute Gasteiger partial charge is 0.255 e. The van der Waals surface area contributed by atoms with Crippen molar-refractivity contribution in [2.45, 2.75) is 6.54 Å². The number of benzene rings is 2. The maximum atomic E-state index is 12.3. The van der Waals surface area contributed by atoms with E-state index in [-0.39, 0.29) is 5.91 Å². The van der Waals surface area contributed by atoms with Crippen molar-refractivity contribution in [3.05, 3.63) is 63.6 Å². The topological polar surface area (TPSA) is 46.3 Å². The standard InChI is InChI=1S/C15H14Cl2N2O/c1-19(9-10-6-7-11(16)8-13(10)17)15(20)12-4-2-3-5-14(12)18/h2-8H,9,18H2,1H3. The first kappa shape index (κ1) is 14.7. The fraction of sp³-hybridized carbons (Fsp3) is 0.133. The molecule has 1 amide bonds. The van der Waals surface area contributed by atoms with Gasteiger partial charge < -0.3 is 10.6 Å². The summed E-state index contributed by atoms with van der Waals surface area (Å²) in [5.41, 5.74) is 7.60. The Morgan fingerprint density at radius 1 is 1.20 bits per heavy atom. The molecule has 104 valence electrons. The molecule has 3 nitrogen and oxygen atoms in total. The number of nitrogen functional groups attached to an aromatic ring is 1. The fourth-order valence-electron chi connectivity index (χ4n) is 1.87. The van der Waals surface area contributed by atoms with Gasteiger partial charge in [0.2, 0.25) is 0 Å². The highest BCUT2D eigenvalue weighted by atomic mass is 35.5. The summed E-state index contributed by atoms with van der Waals surface area (Å²) < 4.78 is 0. The van der Waals surface area contributed by atoms with Crippen molar-refractivity contribution in [2.24, 2.45) is 0 Å². The van der Waals surface area contributed by atoms with E-state index in [1.54, 1.807) is 48.3 Å². The third-order valence-corrected chi connectivity index (χ3v) is 3.55. The highest BCUT2D eigenvalue weighted by Gasteiger charge is 2.15. The van der Waals surface area contributed by atoms with Gasteiger partial charge in [-0.15, -0.1) is 0 Å². The summed E-state index contributed by atoms with van der Waals surface area (Å²) in [6, 6.07) is 12.2. The number of nitrogens with two attached hydrogens (primary N) is 1. The molecule has 0 aliphatic carbocycles. The summed E-state index contributed by atoms with van der Waals surface area (Å²) in [5, 5.41) is 1.11. The molecule has 0 atom stereocenters. The van der Waals surface area contributed by atoms with Crippen LogP contribution in [-0.4, -0.2) is 17.9 Å². The van der Waals surface area contributed by atoms with Crippen LogP contribution in [0.15, 0.2) is 42.5 Å². The average molecular weight is 309 g/mol. The van der Waals surface area contributed by atoms with Gasteiger partial charge >= 0.3 is 0 Å². The second-order valence-corrected chi connectivity index (χ2v) is 5.33. The van der Waals surface area contributed by atoms with Crippen molar-refractivity contribution >= 4 is 34.8 Å². The van der Waals surface area contributed by atoms with Gasteiger partial charge in [-0.25, -0.2) is 0 Å². The number of carbonyl (C=O) groups is 1. The van der Waals surface area contributed by atoms with E-state index in [1.165, 1.54) is 0 Å². The van der Waals surface area contributed by atoms with Crippen LogP contribution in [-0.2, 0) is 6.54 Å². The van der Waals surface area contributed by atoms with Crippen LogP contribution in [0.4, 0.5) is 5.69 Å². The fourth-order valence-corrected chi connectivity index (χ4v) is 2.34. The number of para-hydroxylation sites is 1. The molecule has 0 saturated heterocycles. The third-order valence-electron chi connectivity index (χ3n) is 2.96. The zero-order valence-electron chi connectivity index (χ0n) is 10.9. The van der Waals surface area contributed by atoms with Gasteiger partial charge in [0, 0.05) is 29.3 Å². The van der Waals surface area contributed by atoms with Crippen LogP contribution in [0, 0.1) is 0 Å². The lowest BCUT2D eigenvalue weighted by molar-refractivity contribution is 0.0786. The van der Waals surface area contributed by atoms with E-state index in [2.05, 4.69) is 0 Å². The van der Waals surface area contributed by atoms with Crippen molar-refractivity contribution < 1.29 is 4.79 Å². The van der Waals surface area contributed by atoms with E-state index >= 15 is 0 Å². The Hall–Kier alpha value is -1.71. The molecule has 0 unspecified atom stereocenters. The van der Waals surface area contributed by atoms with Crippen LogP contribution in [0.2, 0.25) is 10.0 Å². The van der Waals surface area contributed by atoms with Crippen molar-refractivity contribution in [2.75, 3.05) is 12.8 Å². The summed E-state index contributed by atoms with van der Waals surface area (Å²) in [6.45, 7) is 0.392. The molecule has 2 aromatic rings. The van der Waals surface area contributed by atoms with Crippen LogP contribution in [0.1, 0.15) is 15.9 Å². The third kappa shape index (κ3) is 3.24. The number of halogens is 2. The normalized spacial score (nSPS) is 10.3. The molecule has 0 spiro atoms. The molecule has 5 heteroatoms. The van der Waals surface area contributed by atoms with E-state index in [0.29, 0.717) is 27.8 Å². The Balaban J connectivity index is 2.18. The highest BCUT2D eigenvalue weighted by molar-refractivity contribution is 6.35. The predicted octanol–water partition coefficient (Wildman–Crippen LogP) is 3.85. The number of anilines is 1. The molecule has 0 aromatic heterocycles. The number of nitrogens with zero attached hydrogens (tertiary/aromatic N) is 1. The Labute approximate surface area is 127 Å². The molecule has 0 bridgehead atoms. The van der Waals surface area contributed by atoms with Crippen molar-refractivity contribution in [1.82, 2.24) is 4.90 Å². The Morgan fingerprint density at radius 3 is 2.55 bits per heavy atom. The zero-order valence-corrected chi connectivity index (χ0v) is 12.4. The monoisotopic (exact) mass is 308 g/mol.